The lowest BCUT2D eigenvalue weighted by Crippen LogP contribution is -2.26. The van der Waals surface area contributed by atoms with E-state index < -0.39 is 37.6 Å². The molecule has 11 heteroatoms. The van der Waals surface area contributed by atoms with Crippen molar-refractivity contribution in [1.82, 2.24) is 0 Å². The zero-order chi connectivity index (χ0) is 44.6. The highest BCUT2D eigenvalue weighted by Crippen LogP contribution is 2.47. The molecule has 0 aliphatic carbocycles. The van der Waals surface area contributed by atoms with Crippen LogP contribution in [0.2, 0.25) is 0 Å². The van der Waals surface area contributed by atoms with Gasteiger partial charge in [-0.05, 0) is 131 Å². The van der Waals surface area contributed by atoms with Crippen molar-refractivity contribution >= 4 is 55.2 Å². The second kappa shape index (κ2) is 17.2. The van der Waals surface area contributed by atoms with Gasteiger partial charge in [-0.1, -0.05) is 85.2 Å². The number of epoxide rings is 1. The maximum Gasteiger partial charge on any atom is 0.248 e. The molecule has 1 aliphatic rings. The predicted molar refractivity (Wildman–Crippen MR) is 246 cm³/mol. The number of phenols is 2. The second-order valence-corrected chi connectivity index (χ2v) is 22.1. The highest BCUT2D eigenvalue weighted by atomic mass is 79.9. The van der Waals surface area contributed by atoms with Crippen molar-refractivity contribution in [3.8, 4) is 17.6 Å². The number of nitrogens with one attached hydrogen (secondary N) is 2. The lowest BCUT2D eigenvalue weighted by atomic mass is 9.70. The zero-order valence-electron chi connectivity index (χ0n) is 36.5. The van der Waals surface area contributed by atoms with E-state index in [0.717, 1.165) is 49.8 Å². The van der Waals surface area contributed by atoms with E-state index in [0.29, 0.717) is 24.1 Å². The molecule has 9 nitrogen and oxygen atoms in total. The van der Waals surface area contributed by atoms with Crippen LogP contribution in [0.5, 0.6) is 11.5 Å². The van der Waals surface area contributed by atoms with Crippen LogP contribution >= 0.6 is 15.9 Å². The van der Waals surface area contributed by atoms with Crippen molar-refractivity contribution in [3.63, 3.8) is 0 Å². The summed E-state index contributed by atoms with van der Waals surface area (Å²) >= 11 is 3.46. The number of rotatable bonds is 13. The molecule has 1 amide bonds. The minimum absolute atomic E-state index is 0.166. The lowest BCUT2D eigenvalue weighted by Gasteiger charge is -2.35. The molecule has 0 radical (unpaired) electrons. The first-order chi connectivity index (χ1) is 27.7. The number of nitrogens with zero attached hydrogens (tertiary/aromatic N) is 1. The number of ether oxygens (including phenoxy) is 1. The molecule has 318 valence electrons. The fourth-order valence-corrected chi connectivity index (χ4v) is 8.13. The van der Waals surface area contributed by atoms with Crippen molar-refractivity contribution in [2.24, 2.45) is 0 Å². The van der Waals surface area contributed by atoms with E-state index >= 15 is 0 Å². The van der Waals surface area contributed by atoms with E-state index in [2.05, 4.69) is 81.1 Å². The molecule has 5 rings (SSSR count). The molecular weight excluding hydrogens is 839 g/mol. The molecule has 60 heavy (non-hydrogen) atoms. The number of carbonyl (C=O) groups excluding carboxylic acids is 1. The van der Waals surface area contributed by atoms with Crippen LogP contribution in [0.3, 0.4) is 0 Å². The van der Waals surface area contributed by atoms with Crippen LogP contribution in [0.1, 0.15) is 115 Å². The summed E-state index contributed by atoms with van der Waals surface area (Å²) in [6, 6.07) is 23.9. The molecule has 0 bridgehead atoms. The fraction of sp³-hybridized carbons (Fsp3) is 0.388. The number of amides is 1. The van der Waals surface area contributed by atoms with Crippen LogP contribution in [0, 0.1) is 11.3 Å². The Morgan fingerprint density at radius 1 is 0.767 bits per heavy atom. The number of nitriles is 1. The van der Waals surface area contributed by atoms with Crippen LogP contribution in [0.15, 0.2) is 93.8 Å². The van der Waals surface area contributed by atoms with Gasteiger partial charge in [0.05, 0.1) is 16.5 Å². The highest BCUT2D eigenvalue weighted by Gasteiger charge is 2.42. The number of hydrogen-bond acceptors (Lipinski definition) is 8. The van der Waals surface area contributed by atoms with E-state index in [9.17, 15) is 28.7 Å². The Labute approximate surface area is 364 Å². The van der Waals surface area contributed by atoms with Gasteiger partial charge in [0.1, 0.15) is 17.6 Å². The molecule has 4 aromatic rings. The maximum absolute atomic E-state index is 13.0. The quantitative estimate of drug-likeness (QED) is 0.0588. The summed E-state index contributed by atoms with van der Waals surface area (Å²) in [4.78, 5) is 13.1. The third kappa shape index (κ3) is 11.3. The van der Waals surface area contributed by atoms with E-state index in [1.807, 2.05) is 75.4 Å². The topological polar surface area (TPSA) is 152 Å². The lowest BCUT2D eigenvalue weighted by molar-refractivity contribution is -0.111. The van der Waals surface area contributed by atoms with Gasteiger partial charge in [-0.2, -0.15) is 5.26 Å². The van der Waals surface area contributed by atoms with Gasteiger partial charge >= 0.3 is 0 Å². The van der Waals surface area contributed by atoms with Crippen LogP contribution in [-0.4, -0.2) is 43.1 Å². The van der Waals surface area contributed by atoms with Crippen LogP contribution < -0.4 is 10.6 Å². The first-order valence-corrected chi connectivity index (χ1v) is 22.7. The van der Waals surface area contributed by atoms with Gasteiger partial charge in [0.2, 0.25) is 5.91 Å². The van der Waals surface area contributed by atoms with Gasteiger partial charge in [-0.25, -0.2) is 8.42 Å². The maximum atomic E-state index is 13.0. The van der Waals surface area contributed by atoms with Gasteiger partial charge < -0.3 is 25.6 Å². The average molecular weight is 897 g/mol. The Kier molecular flexibility index (Phi) is 13.3. The number of anilines is 2. The third-order valence-electron chi connectivity index (χ3n) is 11.1. The van der Waals surface area contributed by atoms with Crippen molar-refractivity contribution in [2.45, 2.75) is 121 Å². The van der Waals surface area contributed by atoms with Crippen LogP contribution in [-0.2, 0) is 41.0 Å². The number of halogens is 1. The van der Waals surface area contributed by atoms with E-state index in [4.69, 9.17) is 4.74 Å². The molecule has 4 N–H and O–H groups in total. The van der Waals surface area contributed by atoms with Crippen molar-refractivity contribution < 1.29 is 28.2 Å². The monoisotopic (exact) mass is 895 g/mol. The Bertz CT molecular complexity index is 2470. The minimum Gasteiger partial charge on any atom is -0.507 e. The summed E-state index contributed by atoms with van der Waals surface area (Å²) in [6.07, 6.45) is 6.67. The first-order valence-electron chi connectivity index (χ1n) is 20.0. The standard InChI is InChI=1S/C49H58BrN3O6S/c1-46(2,3)37-25-30(12-21-41(54)52-34-17-19-36(20-18-34)60(11,57)58)26-39(42(37)55)48(7,8)22-23-49(9,10)40-28-31(27-38(43(40)56)47(4,5)6)24-32(29-51)44-45(59-44)53-35-15-13-33(50)14-16-35/h12-21,24-28,44-45,53,55-56H,22-23H2,1-11H3,(H,52,54)/b21-12+,32-24-. The summed E-state index contributed by atoms with van der Waals surface area (Å²) in [6.45, 7) is 20.7. The molecular formula is C49H58BrN3O6S. The van der Waals surface area contributed by atoms with Gasteiger partial charge in [0.15, 0.2) is 16.1 Å². The summed E-state index contributed by atoms with van der Waals surface area (Å²) in [5.41, 5.74) is 4.55. The number of sulfone groups is 1. The van der Waals surface area contributed by atoms with E-state index in [-0.39, 0.29) is 28.5 Å². The smallest absolute Gasteiger partial charge is 0.248 e. The summed E-state index contributed by atoms with van der Waals surface area (Å²) in [5.74, 6) is 0.0560. The molecule has 0 spiro atoms. The van der Waals surface area contributed by atoms with Gasteiger partial charge in [-0.15, -0.1) is 0 Å². The first kappa shape index (κ1) is 46.2. The number of benzene rings is 4. The molecule has 2 atom stereocenters. The third-order valence-corrected chi connectivity index (χ3v) is 12.8. The Morgan fingerprint density at radius 3 is 1.72 bits per heavy atom. The van der Waals surface area contributed by atoms with Crippen LogP contribution in [0.25, 0.3) is 12.2 Å². The molecule has 0 aromatic heterocycles. The summed E-state index contributed by atoms with van der Waals surface area (Å²) in [5, 5.41) is 40.1. The van der Waals surface area contributed by atoms with Crippen molar-refractivity contribution in [2.75, 3.05) is 16.9 Å². The average Bonchev–Trinajstić information content (AvgIpc) is 3.91. The number of phenolic OH excluding ortho intramolecular Hbond substituents is 2. The zero-order valence-corrected chi connectivity index (χ0v) is 38.9. The predicted octanol–water partition coefficient (Wildman–Crippen LogP) is 11.3. The number of carbonyl (C=O) groups is 1. The van der Waals surface area contributed by atoms with E-state index in [1.54, 1.807) is 18.2 Å². The Balaban J connectivity index is 1.41. The Hall–Kier alpha value is -4.89. The normalized spacial score (nSPS) is 16.4. The van der Waals surface area contributed by atoms with Crippen LogP contribution in [0.4, 0.5) is 11.4 Å². The van der Waals surface area contributed by atoms with Gasteiger partial charge in [0, 0.05) is 50.4 Å². The molecule has 1 fully saturated rings. The van der Waals surface area contributed by atoms with E-state index in [1.165, 1.54) is 18.2 Å². The molecule has 0 saturated carbocycles. The van der Waals surface area contributed by atoms with Crippen molar-refractivity contribution in [1.29, 1.82) is 5.26 Å². The molecule has 1 heterocycles. The second-order valence-electron chi connectivity index (χ2n) is 19.2. The van der Waals surface area contributed by atoms with Gasteiger partial charge in [0.25, 0.3) is 0 Å². The highest BCUT2D eigenvalue weighted by molar-refractivity contribution is 9.10. The summed E-state index contributed by atoms with van der Waals surface area (Å²) < 4.78 is 30.6. The SMILES string of the molecule is CC(C)(C)c1cc(/C=C(/C#N)C2OC2Nc2ccc(Br)cc2)cc(C(C)(C)CCC(C)(C)c2cc(/C=C/C(=O)Nc3ccc(S(C)(=O)=O)cc3)cc(C(C)(C)C)c2O)c1O. The molecule has 2 unspecified atom stereocenters. The number of aromatic hydroxyl groups is 2. The fourth-order valence-electron chi connectivity index (χ4n) is 7.23. The minimum atomic E-state index is -3.36. The summed E-state index contributed by atoms with van der Waals surface area (Å²) in [7, 11) is -3.36. The molecule has 1 aliphatic heterocycles. The van der Waals surface area contributed by atoms with Gasteiger partial charge in [-0.3, -0.25) is 4.79 Å². The Morgan fingerprint density at radius 2 is 1.23 bits per heavy atom. The number of hydrogen-bond donors (Lipinski definition) is 4. The largest absolute Gasteiger partial charge is 0.507 e. The molecule has 1 saturated heterocycles. The molecule has 4 aromatic carbocycles. The van der Waals surface area contributed by atoms with Crippen molar-refractivity contribution in [3.05, 3.63) is 122 Å².